The summed E-state index contributed by atoms with van der Waals surface area (Å²) in [5.74, 6) is 0. The van der Waals surface area contributed by atoms with Gasteiger partial charge in [-0.2, -0.15) is 4.98 Å². The Morgan fingerprint density at radius 1 is 1.26 bits per heavy atom. The second-order valence-corrected chi connectivity index (χ2v) is 4.64. The van der Waals surface area contributed by atoms with Crippen molar-refractivity contribution in [2.45, 2.75) is 20.3 Å². The molecule has 0 spiro atoms. The lowest BCUT2D eigenvalue weighted by Gasteiger charge is -2.16. The molecule has 1 aromatic heterocycles. The zero-order chi connectivity index (χ0) is 13.7. The average molecular weight is 282 g/mol. The quantitative estimate of drug-likeness (QED) is 0.871. The average Bonchev–Trinajstić information content (AvgIpc) is 2.67. The summed E-state index contributed by atoms with van der Waals surface area (Å²) in [6.45, 7) is 7.94. The summed E-state index contributed by atoms with van der Waals surface area (Å²) in [6, 6.07) is 6.22. The summed E-state index contributed by atoms with van der Waals surface area (Å²) in [5.41, 5.74) is 1.62. The van der Waals surface area contributed by atoms with E-state index in [4.69, 9.17) is 16.0 Å². The Hall–Kier alpha value is -1.26. The van der Waals surface area contributed by atoms with Gasteiger partial charge >= 0.3 is 0 Å². The fraction of sp³-hybridized carbons (Fsp3) is 0.500. The van der Waals surface area contributed by atoms with E-state index >= 15 is 0 Å². The van der Waals surface area contributed by atoms with Crippen molar-refractivity contribution < 1.29 is 4.42 Å². The third-order valence-corrected chi connectivity index (χ3v) is 3.18. The van der Waals surface area contributed by atoms with E-state index in [1.54, 1.807) is 0 Å². The minimum absolute atomic E-state index is 0.690. The molecule has 0 bridgehead atoms. The standard InChI is InChI=1S/C12H14ClN3O.C2H6/c13-9-2-3-11-10(8-9)15-12(17-11)16-6-1-4-14-5-7-16;1-2/h2-3,8,14H,1,4-7H2;1-2H3. The number of nitrogens with zero attached hydrogens (tertiary/aromatic N) is 2. The van der Waals surface area contributed by atoms with E-state index in [9.17, 15) is 0 Å². The summed E-state index contributed by atoms with van der Waals surface area (Å²) >= 11 is 5.93. The summed E-state index contributed by atoms with van der Waals surface area (Å²) in [6.07, 6.45) is 1.11. The summed E-state index contributed by atoms with van der Waals surface area (Å²) in [5, 5.41) is 4.05. The van der Waals surface area contributed by atoms with E-state index in [2.05, 4.69) is 15.2 Å². The van der Waals surface area contributed by atoms with Gasteiger partial charge in [0.15, 0.2) is 5.58 Å². The van der Waals surface area contributed by atoms with Gasteiger partial charge in [0.05, 0.1) is 0 Å². The van der Waals surface area contributed by atoms with Crippen molar-refractivity contribution in [1.82, 2.24) is 10.3 Å². The number of benzene rings is 1. The molecule has 19 heavy (non-hydrogen) atoms. The zero-order valence-electron chi connectivity index (χ0n) is 11.4. The van der Waals surface area contributed by atoms with Gasteiger partial charge in [-0.25, -0.2) is 0 Å². The molecule has 1 N–H and O–H groups in total. The summed E-state index contributed by atoms with van der Waals surface area (Å²) in [7, 11) is 0. The molecule has 1 aromatic carbocycles. The molecule has 3 rings (SSSR count). The molecular weight excluding hydrogens is 262 g/mol. The summed E-state index contributed by atoms with van der Waals surface area (Å²) in [4.78, 5) is 6.66. The summed E-state index contributed by atoms with van der Waals surface area (Å²) < 4.78 is 5.75. The van der Waals surface area contributed by atoms with Crippen molar-refractivity contribution in [2.75, 3.05) is 31.1 Å². The van der Waals surface area contributed by atoms with Crippen LogP contribution in [0.15, 0.2) is 22.6 Å². The molecule has 0 amide bonds. The number of anilines is 1. The minimum Gasteiger partial charge on any atom is -0.423 e. The van der Waals surface area contributed by atoms with E-state index in [1.807, 2.05) is 32.0 Å². The molecule has 0 aliphatic carbocycles. The number of halogens is 1. The van der Waals surface area contributed by atoms with Gasteiger partial charge in [0.2, 0.25) is 0 Å². The van der Waals surface area contributed by atoms with Crippen LogP contribution in [0.5, 0.6) is 0 Å². The van der Waals surface area contributed by atoms with Crippen LogP contribution in [0, 0.1) is 0 Å². The third kappa shape index (κ3) is 3.39. The van der Waals surface area contributed by atoms with E-state index in [1.165, 1.54) is 0 Å². The lowest BCUT2D eigenvalue weighted by molar-refractivity contribution is 0.571. The molecule has 1 aliphatic rings. The first-order valence-corrected chi connectivity index (χ1v) is 7.22. The van der Waals surface area contributed by atoms with Gasteiger partial charge in [0, 0.05) is 24.7 Å². The molecule has 2 aromatic rings. The molecule has 2 heterocycles. The molecule has 0 saturated carbocycles. The second-order valence-electron chi connectivity index (χ2n) is 4.20. The van der Waals surface area contributed by atoms with Crippen molar-refractivity contribution in [3.05, 3.63) is 23.2 Å². The van der Waals surface area contributed by atoms with Crippen LogP contribution in [0.1, 0.15) is 20.3 Å². The number of hydrogen-bond acceptors (Lipinski definition) is 4. The first-order chi connectivity index (χ1) is 9.33. The Balaban J connectivity index is 0.000000637. The van der Waals surface area contributed by atoms with Gasteiger partial charge in [0.25, 0.3) is 6.01 Å². The Kier molecular flexibility index (Phi) is 5.05. The molecule has 1 fully saturated rings. The number of aromatic nitrogens is 1. The SMILES string of the molecule is CC.Clc1ccc2oc(N3CCCNCC3)nc2c1. The van der Waals surface area contributed by atoms with Gasteiger partial charge in [-0.15, -0.1) is 0 Å². The van der Waals surface area contributed by atoms with Gasteiger partial charge in [-0.05, 0) is 31.2 Å². The first-order valence-electron chi connectivity index (χ1n) is 6.85. The van der Waals surface area contributed by atoms with Gasteiger partial charge in [0.1, 0.15) is 5.52 Å². The molecule has 0 atom stereocenters. The van der Waals surface area contributed by atoms with Gasteiger partial charge < -0.3 is 14.6 Å². The Morgan fingerprint density at radius 3 is 2.95 bits per heavy atom. The highest BCUT2D eigenvalue weighted by molar-refractivity contribution is 6.31. The monoisotopic (exact) mass is 281 g/mol. The number of rotatable bonds is 1. The van der Waals surface area contributed by atoms with E-state index in [0.717, 1.165) is 43.7 Å². The highest BCUT2D eigenvalue weighted by Crippen LogP contribution is 2.24. The Bertz CT molecular complexity index is 518. The van der Waals surface area contributed by atoms with Crippen molar-refractivity contribution in [3.8, 4) is 0 Å². The molecule has 5 heteroatoms. The predicted molar refractivity (Wildman–Crippen MR) is 80.1 cm³/mol. The van der Waals surface area contributed by atoms with Crippen molar-refractivity contribution in [1.29, 1.82) is 0 Å². The Labute approximate surface area is 118 Å². The highest BCUT2D eigenvalue weighted by atomic mass is 35.5. The fourth-order valence-corrected chi connectivity index (χ4v) is 2.23. The third-order valence-electron chi connectivity index (χ3n) is 2.95. The van der Waals surface area contributed by atoms with Gasteiger partial charge in [-0.1, -0.05) is 25.4 Å². The number of fused-ring (bicyclic) bond motifs is 1. The lowest BCUT2D eigenvalue weighted by atomic mass is 10.3. The van der Waals surface area contributed by atoms with Crippen LogP contribution < -0.4 is 10.2 Å². The maximum atomic E-state index is 5.93. The van der Waals surface area contributed by atoms with Crippen LogP contribution in [0.3, 0.4) is 0 Å². The molecule has 104 valence electrons. The number of oxazole rings is 1. The fourth-order valence-electron chi connectivity index (χ4n) is 2.06. The van der Waals surface area contributed by atoms with Crippen molar-refractivity contribution in [2.24, 2.45) is 0 Å². The normalized spacial score (nSPS) is 15.8. The number of hydrogen-bond donors (Lipinski definition) is 1. The van der Waals surface area contributed by atoms with E-state index < -0.39 is 0 Å². The van der Waals surface area contributed by atoms with Crippen LogP contribution in [0.25, 0.3) is 11.1 Å². The minimum atomic E-state index is 0.690. The van der Waals surface area contributed by atoms with Crippen LogP contribution >= 0.6 is 11.6 Å². The molecular formula is C14H20ClN3O. The molecule has 1 saturated heterocycles. The first kappa shape index (κ1) is 14.2. The topological polar surface area (TPSA) is 41.3 Å². The predicted octanol–water partition coefficient (Wildman–Crippen LogP) is 3.31. The van der Waals surface area contributed by atoms with Crippen LogP contribution in [-0.4, -0.2) is 31.2 Å². The smallest absolute Gasteiger partial charge is 0.298 e. The molecule has 4 nitrogen and oxygen atoms in total. The van der Waals surface area contributed by atoms with Crippen molar-refractivity contribution in [3.63, 3.8) is 0 Å². The van der Waals surface area contributed by atoms with Gasteiger partial charge in [-0.3, -0.25) is 0 Å². The van der Waals surface area contributed by atoms with E-state index in [0.29, 0.717) is 11.0 Å². The van der Waals surface area contributed by atoms with Crippen molar-refractivity contribution >= 4 is 28.7 Å². The lowest BCUT2D eigenvalue weighted by Crippen LogP contribution is -2.27. The van der Waals surface area contributed by atoms with Crippen LogP contribution in [0.4, 0.5) is 6.01 Å². The van der Waals surface area contributed by atoms with Crippen LogP contribution in [0.2, 0.25) is 5.02 Å². The second kappa shape index (κ2) is 6.78. The number of nitrogens with one attached hydrogen (secondary N) is 1. The molecule has 1 aliphatic heterocycles. The highest BCUT2D eigenvalue weighted by Gasteiger charge is 2.15. The van der Waals surface area contributed by atoms with E-state index in [-0.39, 0.29) is 0 Å². The van der Waals surface area contributed by atoms with Crippen LogP contribution in [-0.2, 0) is 0 Å². The largest absolute Gasteiger partial charge is 0.423 e. The zero-order valence-corrected chi connectivity index (χ0v) is 12.2. The Morgan fingerprint density at radius 2 is 2.11 bits per heavy atom. The maximum Gasteiger partial charge on any atom is 0.298 e. The maximum absolute atomic E-state index is 5.93. The molecule has 0 radical (unpaired) electrons. The molecule has 0 unspecified atom stereocenters.